The van der Waals surface area contributed by atoms with E-state index in [4.69, 9.17) is 25.3 Å². The van der Waals surface area contributed by atoms with Crippen LogP contribution in [-0.2, 0) is 67.9 Å². The van der Waals surface area contributed by atoms with Crippen LogP contribution in [0, 0.1) is 0 Å². The number of nitrogens with one attached hydrogen (secondary N) is 2. The first-order chi connectivity index (χ1) is 23.7. The van der Waals surface area contributed by atoms with Crippen molar-refractivity contribution in [1.29, 1.82) is 0 Å². The van der Waals surface area contributed by atoms with Gasteiger partial charge in [0.15, 0.2) is 0 Å². The van der Waals surface area contributed by atoms with E-state index in [0.717, 1.165) is 12.1 Å². The Morgan fingerprint density at radius 1 is 0.585 bits per heavy atom. The minimum absolute atomic E-state index is 0. The SMILES string of the molecule is O=C(Nc1cccc(-n2nnnc2[S-])c1)c1ccccc1S(=O)(=O)[O-].O=C(Nc1cccc(-n2nnnc2[S-])c1)c1ccccc1S(=O)(=O)[O-].[Au].[K+].[K+]. The number of nitrogens with zero attached hydrogens (tertiary/aromatic N) is 8. The molecule has 0 aliphatic carbocycles. The zero-order valence-electron chi connectivity index (χ0n) is 27.0. The molecule has 0 unspecified atom stereocenters. The van der Waals surface area contributed by atoms with Crippen LogP contribution < -0.4 is 113 Å². The van der Waals surface area contributed by atoms with Gasteiger partial charge in [0.25, 0.3) is 11.8 Å². The number of anilines is 2. The Morgan fingerprint density at radius 2 is 0.943 bits per heavy atom. The molecular formula is C28H18AuK2N10O8S4-2. The summed E-state index contributed by atoms with van der Waals surface area (Å²) >= 11 is 9.94. The maximum Gasteiger partial charge on any atom is 1.00 e. The van der Waals surface area contributed by atoms with E-state index >= 15 is 0 Å². The molecule has 267 valence electrons. The molecule has 18 nitrogen and oxygen atoms in total. The molecule has 0 aliphatic heterocycles. The molecule has 2 heterocycles. The number of tetrazole rings is 2. The van der Waals surface area contributed by atoms with E-state index in [1.54, 1.807) is 48.5 Å². The Labute approximate surface area is 413 Å². The van der Waals surface area contributed by atoms with Crippen molar-refractivity contribution in [3.63, 3.8) is 0 Å². The van der Waals surface area contributed by atoms with Gasteiger partial charge in [-0.1, -0.05) is 36.4 Å². The molecule has 0 atom stereocenters. The van der Waals surface area contributed by atoms with Crippen LogP contribution >= 0.6 is 0 Å². The molecule has 2 aromatic heterocycles. The summed E-state index contributed by atoms with van der Waals surface area (Å²) < 4.78 is 70.3. The smallest absolute Gasteiger partial charge is 0.744 e. The molecule has 6 aromatic rings. The second-order valence-electron chi connectivity index (χ2n) is 9.66. The fraction of sp³-hybridized carbons (Fsp3) is 0. The minimum atomic E-state index is -4.78. The van der Waals surface area contributed by atoms with E-state index in [2.05, 4.69) is 41.7 Å². The van der Waals surface area contributed by atoms with Crippen molar-refractivity contribution in [2.24, 2.45) is 0 Å². The number of hydrogen-bond acceptors (Lipinski definition) is 16. The molecule has 2 N–H and O–H groups in total. The molecule has 0 fully saturated rings. The quantitative estimate of drug-likeness (QED) is 0.0827. The van der Waals surface area contributed by atoms with Gasteiger partial charge >= 0.3 is 103 Å². The van der Waals surface area contributed by atoms with Gasteiger partial charge in [-0.3, -0.25) is 9.59 Å². The maximum absolute atomic E-state index is 12.4. The van der Waals surface area contributed by atoms with Crippen LogP contribution in [0.3, 0.4) is 0 Å². The van der Waals surface area contributed by atoms with E-state index in [1.807, 2.05) is 0 Å². The summed E-state index contributed by atoms with van der Waals surface area (Å²) in [6, 6.07) is 23.2. The van der Waals surface area contributed by atoms with E-state index < -0.39 is 41.8 Å². The summed E-state index contributed by atoms with van der Waals surface area (Å²) in [6.45, 7) is 0. The summed E-state index contributed by atoms with van der Waals surface area (Å²) in [5.41, 5.74) is 1.25. The molecule has 0 saturated heterocycles. The third-order valence-corrected chi connectivity index (χ3v) is 8.68. The summed E-state index contributed by atoms with van der Waals surface area (Å²) in [7, 11) is -9.55. The van der Waals surface area contributed by atoms with E-state index in [1.165, 1.54) is 45.8 Å². The zero-order chi connectivity index (χ0) is 36.1. The van der Waals surface area contributed by atoms with Crippen molar-refractivity contribution in [3.8, 4) is 11.4 Å². The Bertz CT molecular complexity index is 2290. The van der Waals surface area contributed by atoms with E-state index in [9.17, 15) is 35.5 Å². The van der Waals surface area contributed by atoms with Gasteiger partial charge in [0.05, 0.1) is 32.3 Å². The van der Waals surface area contributed by atoms with Gasteiger partial charge in [-0.05, 0) is 81.5 Å². The average Bonchev–Trinajstić information content (AvgIpc) is 3.72. The van der Waals surface area contributed by atoms with Crippen LogP contribution in [0.2, 0.25) is 0 Å². The number of aromatic nitrogens is 8. The molecule has 0 saturated carbocycles. The first-order valence-corrected chi connectivity index (χ1v) is 17.2. The Morgan fingerprint density at radius 3 is 1.26 bits per heavy atom. The molecule has 2 amide bonds. The zero-order valence-corrected chi connectivity index (χ0v) is 38.7. The molecule has 0 aliphatic rings. The van der Waals surface area contributed by atoms with Gasteiger partial charge in [0, 0.05) is 44.1 Å². The first kappa shape index (κ1) is 47.4. The van der Waals surface area contributed by atoms with Gasteiger partial charge in [0.1, 0.15) is 20.2 Å². The van der Waals surface area contributed by atoms with Gasteiger partial charge < -0.3 is 45.0 Å². The summed E-state index contributed by atoms with van der Waals surface area (Å²) in [4.78, 5) is 23.6. The second kappa shape index (κ2) is 21.0. The molecule has 6 rings (SSSR count). The topological polar surface area (TPSA) is 260 Å². The standard InChI is InChI=1S/2C14H11N5O4S2.Au.2K/c2*20-13(11-6-1-2-7-12(11)25(21,22)23)15-9-4-3-5-10(8-9)19-14(24)16-17-18-19;;;/h2*1-8H,(H,15,20)(H,16,18,24)(H,21,22,23);;;/q;;;2*+1/p-4. The predicted molar refractivity (Wildman–Crippen MR) is 174 cm³/mol. The number of benzene rings is 4. The van der Waals surface area contributed by atoms with Gasteiger partial charge in [-0.2, -0.15) is 0 Å². The molecule has 1 radical (unpaired) electrons. The molecule has 53 heavy (non-hydrogen) atoms. The van der Waals surface area contributed by atoms with Crippen LogP contribution in [0.25, 0.3) is 11.4 Å². The van der Waals surface area contributed by atoms with Crippen LogP contribution in [0.4, 0.5) is 11.4 Å². The van der Waals surface area contributed by atoms with Crippen LogP contribution in [-0.4, -0.2) is 78.2 Å². The van der Waals surface area contributed by atoms with Crippen molar-refractivity contribution >= 4 is 68.7 Å². The predicted octanol–water partition coefficient (Wildman–Crippen LogP) is -4.55. The fourth-order valence-corrected chi connectivity index (χ4v) is 5.96. The largest absolute Gasteiger partial charge is 1.00 e. The molecule has 4 aromatic carbocycles. The Balaban J connectivity index is 0.000000347. The number of carbonyl (C=O) groups is 2. The fourth-order valence-electron chi connectivity index (χ4n) is 4.25. The molecule has 25 heteroatoms. The Hall–Kier alpha value is -1.77. The summed E-state index contributed by atoms with van der Waals surface area (Å²) in [5.74, 6) is -1.47. The van der Waals surface area contributed by atoms with Crippen molar-refractivity contribution in [3.05, 3.63) is 108 Å². The van der Waals surface area contributed by atoms with Gasteiger partial charge in [0.2, 0.25) is 0 Å². The van der Waals surface area contributed by atoms with Crippen LogP contribution in [0.1, 0.15) is 20.7 Å². The molecule has 0 bridgehead atoms. The number of rotatable bonds is 8. The summed E-state index contributed by atoms with van der Waals surface area (Å²) in [6.07, 6.45) is 0. The molecular weight excluding hydrogens is 1010 g/mol. The monoisotopic (exact) mass is 1020 g/mol. The molecule has 0 spiro atoms. The second-order valence-corrected chi connectivity index (χ2v) is 13.1. The number of carbonyl (C=O) groups excluding carboxylic acids is 2. The van der Waals surface area contributed by atoms with E-state index in [-0.39, 0.29) is 147 Å². The van der Waals surface area contributed by atoms with Crippen molar-refractivity contribution in [2.75, 3.05) is 10.6 Å². The maximum atomic E-state index is 12.4. The van der Waals surface area contributed by atoms with Crippen molar-refractivity contribution in [2.45, 2.75) is 20.1 Å². The third kappa shape index (κ3) is 12.6. The van der Waals surface area contributed by atoms with Gasteiger partial charge in [-0.15, -0.1) is 10.2 Å². The Kier molecular flexibility index (Phi) is 18.7. The van der Waals surface area contributed by atoms with Gasteiger partial charge in [-0.25, -0.2) is 26.2 Å². The van der Waals surface area contributed by atoms with Crippen LogP contribution in [0.5, 0.6) is 0 Å². The minimum Gasteiger partial charge on any atom is -0.744 e. The summed E-state index contributed by atoms with van der Waals surface area (Å²) in [5, 5.41) is 26.9. The average molecular weight is 1030 g/mol. The number of hydrogen-bond donors (Lipinski definition) is 2. The van der Waals surface area contributed by atoms with Crippen molar-refractivity contribution < 1.29 is 161 Å². The van der Waals surface area contributed by atoms with E-state index in [0.29, 0.717) is 22.7 Å². The van der Waals surface area contributed by atoms with Crippen molar-refractivity contribution in [1.82, 2.24) is 40.4 Å². The van der Waals surface area contributed by atoms with Crippen LogP contribution in [0.15, 0.2) is 117 Å². The first-order valence-electron chi connectivity index (χ1n) is 13.6. The third-order valence-electron chi connectivity index (χ3n) is 6.38. The number of amides is 2. The normalized spacial score (nSPS) is 10.6.